The van der Waals surface area contributed by atoms with Gasteiger partial charge >= 0.3 is 47.9 Å². The topological polar surface area (TPSA) is 68.5 Å². The van der Waals surface area contributed by atoms with Gasteiger partial charge in [-0.1, -0.05) is 43.2 Å². The largest absolute Gasteiger partial charge is 2.00 e. The SMILES string of the molecule is C1C[N-]C1.C=C[CH2-].O=CO.O=[C-]C1([CH-]CCCc2ccccc2)CC1.[Co+2].[U+2]. The Morgan fingerprint density at radius 2 is 1.74 bits per heavy atom. The van der Waals surface area contributed by atoms with Gasteiger partial charge in [-0.25, -0.2) is 19.6 Å². The Morgan fingerprint density at radius 3 is 2.07 bits per heavy atom. The molecule has 0 amide bonds. The van der Waals surface area contributed by atoms with Crippen molar-refractivity contribution in [2.45, 2.75) is 38.5 Å². The molecule has 27 heavy (non-hydrogen) atoms. The molecule has 2 aliphatic rings. The molecule has 1 saturated carbocycles. The molecule has 149 valence electrons. The molecule has 0 bridgehead atoms. The van der Waals surface area contributed by atoms with E-state index in [1.165, 1.54) is 18.1 Å². The van der Waals surface area contributed by atoms with Gasteiger partial charge in [0.05, 0.1) is 0 Å². The van der Waals surface area contributed by atoms with Crippen LogP contribution in [0.1, 0.15) is 37.7 Å². The second-order valence-electron chi connectivity index (χ2n) is 5.76. The molecule has 1 saturated heterocycles. The van der Waals surface area contributed by atoms with Gasteiger partial charge in [0, 0.05) is 0 Å². The molecule has 0 aromatic heterocycles. The first-order chi connectivity index (χ1) is 12.2. The maximum Gasteiger partial charge on any atom is 2.00 e. The maximum atomic E-state index is 10.6. The summed E-state index contributed by atoms with van der Waals surface area (Å²) in [4.78, 5) is 19.0. The van der Waals surface area contributed by atoms with Crippen molar-refractivity contribution in [1.82, 2.24) is 0 Å². The summed E-state index contributed by atoms with van der Waals surface area (Å²) in [6.07, 6.45) is 12.4. The third-order valence-electron chi connectivity index (χ3n) is 3.67. The van der Waals surface area contributed by atoms with Crippen LogP contribution in [0.25, 0.3) is 5.32 Å². The second-order valence-corrected chi connectivity index (χ2v) is 5.76. The first-order valence-corrected chi connectivity index (χ1v) is 8.57. The molecule has 1 aliphatic heterocycles. The average Bonchev–Trinajstić information content (AvgIpc) is 3.33. The van der Waals surface area contributed by atoms with Crippen molar-refractivity contribution in [2.75, 3.05) is 13.1 Å². The fourth-order valence-corrected chi connectivity index (χ4v) is 1.97. The van der Waals surface area contributed by atoms with Crippen molar-refractivity contribution in [1.29, 1.82) is 0 Å². The van der Waals surface area contributed by atoms with E-state index in [-0.39, 0.29) is 59.8 Å². The van der Waals surface area contributed by atoms with E-state index in [0.717, 1.165) is 45.2 Å². The van der Waals surface area contributed by atoms with Crippen LogP contribution >= 0.6 is 0 Å². The Kier molecular flexibility index (Phi) is 25.2. The number of aryl methyl sites for hydroxylation is 1. The maximum absolute atomic E-state index is 10.6. The smallest absolute Gasteiger partial charge is 0.662 e. The number of benzene rings is 1. The number of allylic oxidation sites excluding steroid dienone is 1. The summed E-state index contributed by atoms with van der Waals surface area (Å²) in [5.74, 6) is 0. The molecule has 1 radical (unpaired) electrons. The number of carboxylic acid groups (broad SMARTS) is 1. The van der Waals surface area contributed by atoms with Crippen LogP contribution in [0.3, 0.4) is 0 Å². The van der Waals surface area contributed by atoms with Crippen LogP contribution in [0.2, 0.25) is 0 Å². The van der Waals surface area contributed by atoms with Crippen LogP contribution in [0.5, 0.6) is 0 Å². The molecule has 1 aromatic rings. The molecular formula is C21H29CoNO3U. The normalized spacial score (nSPS) is 14.1. The minimum absolute atomic E-state index is 0. The zero-order valence-corrected chi connectivity index (χ0v) is 20.9. The minimum atomic E-state index is -0.250. The molecule has 0 atom stereocenters. The van der Waals surface area contributed by atoms with Gasteiger partial charge in [0.1, 0.15) is 0 Å². The summed E-state index contributed by atoms with van der Waals surface area (Å²) in [5, 5.41) is 10.8. The van der Waals surface area contributed by atoms with E-state index < -0.39 is 0 Å². The molecule has 1 aliphatic carbocycles. The molecular weight excluding hydrogens is 611 g/mol. The Labute approximate surface area is 198 Å². The van der Waals surface area contributed by atoms with Gasteiger partial charge in [0.25, 0.3) is 6.47 Å². The van der Waals surface area contributed by atoms with Gasteiger partial charge in [0.15, 0.2) is 0 Å². The van der Waals surface area contributed by atoms with Crippen molar-refractivity contribution in [2.24, 2.45) is 5.41 Å². The molecule has 1 N–H and O–H groups in total. The van der Waals surface area contributed by atoms with E-state index in [4.69, 9.17) is 9.90 Å². The third-order valence-corrected chi connectivity index (χ3v) is 3.67. The number of carbonyl (C=O) groups is 1. The number of unbranched alkanes of at least 4 members (excludes halogenated alkanes) is 1. The van der Waals surface area contributed by atoms with E-state index in [1.807, 2.05) is 6.07 Å². The predicted octanol–water partition coefficient (Wildman–Crippen LogP) is 4.57. The molecule has 6 heteroatoms. The summed E-state index contributed by atoms with van der Waals surface area (Å²) in [6, 6.07) is 10.5. The minimum Gasteiger partial charge on any atom is -0.662 e. The monoisotopic (exact) mass is 640 g/mol. The van der Waals surface area contributed by atoms with Crippen molar-refractivity contribution >= 4 is 12.8 Å². The van der Waals surface area contributed by atoms with Gasteiger partial charge in [-0.15, -0.1) is 12.8 Å². The van der Waals surface area contributed by atoms with Crippen LogP contribution in [0.15, 0.2) is 43.0 Å². The summed E-state index contributed by atoms with van der Waals surface area (Å²) in [7, 11) is 0. The Balaban J connectivity index is -0.000000402. The van der Waals surface area contributed by atoms with Gasteiger partial charge in [-0.2, -0.15) is 19.5 Å². The third kappa shape index (κ3) is 18.6. The van der Waals surface area contributed by atoms with E-state index in [2.05, 4.69) is 55.8 Å². The Bertz CT molecular complexity index is 454. The average molecular weight is 640 g/mol. The van der Waals surface area contributed by atoms with E-state index in [0.29, 0.717) is 0 Å². The molecule has 1 heterocycles. The summed E-state index contributed by atoms with van der Waals surface area (Å²) >= 11 is 0. The Morgan fingerprint density at radius 1 is 1.30 bits per heavy atom. The summed E-state index contributed by atoms with van der Waals surface area (Å²) in [6.45, 7) is 8.50. The fourth-order valence-electron chi connectivity index (χ4n) is 1.97. The summed E-state index contributed by atoms with van der Waals surface area (Å²) in [5.41, 5.74) is 1.24. The second kappa shape index (κ2) is 21.8. The predicted molar refractivity (Wildman–Crippen MR) is 103 cm³/mol. The van der Waals surface area contributed by atoms with Crippen molar-refractivity contribution in [3.8, 4) is 0 Å². The number of hydrogen-bond donors (Lipinski definition) is 1. The van der Waals surface area contributed by atoms with Gasteiger partial charge in [0.2, 0.25) is 0 Å². The van der Waals surface area contributed by atoms with Gasteiger partial charge < -0.3 is 21.6 Å². The van der Waals surface area contributed by atoms with Crippen molar-refractivity contribution in [3.05, 3.63) is 67.2 Å². The molecule has 0 spiro atoms. The first-order valence-electron chi connectivity index (χ1n) is 8.57. The Hall–Kier alpha value is -0.512. The van der Waals surface area contributed by atoms with Crippen LogP contribution in [-0.2, 0) is 32.8 Å². The van der Waals surface area contributed by atoms with E-state index in [1.54, 1.807) is 0 Å². The zero-order chi connectivity index (χ0) is 18.8. The van der Waals surface area contributed by atoms with Crippen molar-refractivity contribution in [3.63, 3.8) is 0 Å². The molecule has 3 rings (SSSR count). The van der Waals surface area contributed by atoms with Crippen LogP contribution < -0.4 is 0 Å². The number of rotatable bonds is 6. The van der Waals surface area contributed by atoms with Crippen LogP contribution in [-0.4, -0.2) is 31.0 Å². The number of carbonyl (C=O) groups excluding carboxylic acids is 1. The van der Waals surface area contributed by atoms with Gasteiger partial charge in [-0.3, -0.25) is 16.5 Å². The first kappa shape index (κ1) is 31.2. The molecule has 1 aromatic carbocycles. The molecule has 2 fully saturated rings. The number of nitrogens with zero attached hydrogens (tertiary/aromatic N) is 1. The van der Waals surface area contributed by atoms with E-state index >= 15 is 0 Å². The quantitative estimate of drug-likeness (QED) is 0.282. The molecule has 0 unspecified atom stereocenters. The molecule has 4 nitrogen and oxygen atoms in total. The van der Waals surface area contributed by atoms with Gasteiger partial charge in [-0.05, 0) is 12.0 Å². The summed E-state index contributed by atoms with van der Waals surface area (Å²) < 4.78 is 0. The van der Waals surface area contributed by atoms with Crippen molar-refractivity contribution < 1.29 is 62.6 Å². The van der Waals surface area contributed by atoms with E-state index in [9.17, 15) is 4.79 Å². The van der Waals surface area contributed by atoms with Crippen LogP contribution in [0.4, 0.5) is 0 Å². The number of hydrogen-bond acceptors (Lipinski definition) is 2. The zero-order valence-electron chi connectivity index (χ0n) is 15.7. The van der Waals surface area contributed by atoms with Crippen LogP contribution in [0, 0.1) is 49.9 Å². The standard InChI is InChI=1S/C14H16O.C3H6N.C3H5.CH2O2.Co.U/c15-12-14(10-11-14)9-5-4-8-13-6-2-1-3-7-13;1-2-4-3-1;1-3-2;2-1-3;;/h1-3,6-7,9H,4-5,8,10-11H2;1-3H2;3H,1-2H2;1H,(H,2,3);;/q-2;2*-1;;2*+2. The fraction of sp³-hybridized carbons (Fsp3) is 0.429.